The molecule has 0 radical (unpaired) electrons. The second-order valence-corrected chi connectivity index (χ2v) is 9.28. The number of carbonyl (C=O) groups is 1. The molecule has 0 aliphatic rings. The van der Waals surface area contributed by atoms with Crippen molar-refractivity contribution in [3.05, 3.63) is 103 Å². The average molecular weight is 479 g/mol. The van der Waals surface area contributed by atoms with Gasteiger partial charge in [0.25, 0.3) is 0 Å². The van der Waals surface area contributed by atoms with Crippen LogP contribution in [0.3, 0.4) is 0 Å². The Labute approximate surface area is 202 Å². The summed E-state index contributed by atoms with van der Waals surface area (Å²) in [5.74, 6) is -0.361. The monoisotopic (exact) mass is 479 g/mol. The van der Waals surface area contributed by atoms with Crippen LogP contribution >= 0.6 is 8.16 Å². The lowest BCUT2D eigenvalue weighted by Crippen LogP contribution is -2.04. The summed E-state index contributed by atoms with van der Waals surface area (Å²) >= 11 is 0. The minimum Gasteiger partial charge on any atom is -0.462 e. The molecular formula is C29H22NO4P. The zero-order chi connectivity index (χ0) is 23.8. The van der Waals surface area contributed by atoms with Crippen LogP contribution in [-0.4, -0.2) is 12.6 Å². The van der Waals surface area contributed by atoms with Crippen LogP contribution in [0.15, 0.2) is 105 Å². The Bertz CT molecular complexity index is 1680. The Hall–Kier alpha value is -4.21. The number of anilines is 1. The van der Waals surface area contributed by atoms with Gasteiger partial charge in [-0.2, -0.15) is 0 Å². The van der Waals surface area contributed by atoms with E-state index in [-0.39, 0.29) is 5.97 Å². The van der Waals surface area contributed by atoms with Gasteiger partial charge < -0.3 is 13.1 Å². The normalized spacial score (nSPS) is 11.2. The van der Waals surface area contributed by atoms with Gasteiger partial charge in [-0.05, 0) is 58.8 Å². The SMILES string of the molecule is CCOC(=O)c1cccc(Np2oc3ccc4ccccc4c3c3c(ccc4ccccc43)o2)c1. The molecule has 0 unspecified atom stereocenters. The predicted molar refractivity (Wildman–Crippen MR) is 143 cm³/mol. The third kappa shape index (κ3) is 3.90. The summed E-state index contributed by atoms with van der Waals surface area (Å²) in [4.78, 5) is 12.2. The predicted octanol–water partition coefficient (Wildman–Crippen LogP) is 8.65. The Kier molecular flexibility index (Phi) is 5.40. The molecule has 0 aliphatic heterocycles. The van der Waals surface area contributed by atoms with Gasteiger partial charge in [-0.1, -0.05) is 66.7 Å². The number of hydrogen-bond donors (Lipinski definition) is 1. The van der Waals surface area contributed by atoms with E-state index >= 15 is 0 Å². The molecule has 6 rings (SSSR count). The molecule has 5 aromatic carbocycles. The highest BCUT2D eigenvalue weighted by Gasteiger charge is 2.13. The number of carbonyl (C=O) groups excluding carboxylic acids is 1. The van der Waals surface area contributed by atoms with Gasteiger partial charge in [0.15, 0.2) is 0 Å². The fourth-order valence-corrected chi connectivity index (χ4v) is 5.59. The lowest BCUT2D eigenvalue weighted by molar-refractivity contribution is 0.0526. The molecule has 0 saturated carbocycles. The molecule has 0 bridgehead atoms. The first-order valence-corrected chi connectivity index (χ1v) is 12.6. The van der Waals surface area contributed by atoms with Gasteiger partial charge in [-0.3, -0.25) is 5.09 Å². The fraction of sp³-hybridized carbons (Fsp3) is 0.0690. The van der Waals surface area contributed by atoms with E-state index < -0.39 is 8.16 Å². The molecule has 35 heavy (non-hydrogen) atoms. The Morgan fingerprint density at radius 3 is 1.97 bits per heavy atom. The molecule has 0 spiro atoms. The minimum atomic E-state index is -1.60. The van der Waals surface area contributed by atoms with E-state index in [2.05, 4.69) is 41.5 Å². The van der Waals surface area contributed by atoms with Crippen LogP contribution in [0.1, 0.15) is 17.3 Å². The quantitative estimate of drug-likeness (QED) is 0.256. The maximum atomic E-state index is 12.2. The van der Waals surface area contributed by atoms with Crippen LogP contribution < -0.4 is 5.09 Å². The van der Waals surface area contributed by atoms with E-state index in [0.717, 1.165) is 43.5 Å². The Balaban J connectivity index is 1.63. The first-order chi connectivity index (χ1) is 17.2. The van der Waals surface area contributed by atoms with Crippen molar-refractivity contribution in [3.63, 3.8) is 0 Å². The van der Waals surface area contributed by atoms with Crippen molar-refractivity contribution >= 4 is 63.3 Å². The van der Waals surface area contributed by atoms with Gasteiger partial charge >= 0.3 is 14.1 Å². The van der Waals surface area contributed by atoms with Gasteiger partial charge in [0.1, 0.15) is 11.2 Å². The Morgan fingerprint density at radius 1 is 0.771 bits per heavy atom. The molecule has 1 aromatic heterocycles. The summed E-state index contributed by atoms with van der Waals surface area (Å²) in [6.45, 7) is 2.11. The van der Waals surface area contributed by atoms with E-state index in [0.29, 0.717) is 17.9 Å². The third-order valence-corrected chi connectivity index (χ3v) is 7.15. The maximum absolute atomic E-state index is 12.2. The molecular weight excluding hydrogens is 457 g/mol. The molecule has 1 heterocycles. The van der Waals surface area contributed by atoms with E-state index in [1.807, 2.05) is 48.5 Å². The largest absolute Gasteiger partial charge is 0.462 e. The highest BCUT2D eigenvalue weighted by Crippen LogP contribution is 2.41. The number of ether oxygens (including phenoxy) is 1. The van der Waals surface area contributed by atoms with Crippen molar-refractivity contribution in [2.24, 2.45) is 0 Å². The van der Waals surface area contributed by atoms with Gasteiger partial charge in [0.2, 0.25) is 0 Å². The summed E-state index contributed by atoms with van der Waals surface area (Å²) < 4.78 is 18.1. The smallest absolute Gasteiger partial charge is 0.338 e. The van der Waals surface area contributed by atoms with Crippen molar-refractivity contribution in [3.8, 4) is 0 Å². The van der Waals surface area contributed by atoms with Gasteiger partial charge in [-0.15, -0.1) is 0 Å². The second-order valence-electron chi connectivity index (χ2n) is 8.17. The minimum absolute atomic E-state index is 0.324. The van der Waals surface area contributed by atoms with Crippen LogP contribution in [0.25, 0.3) is 43.5 Å². The number of rotatable bonds is 4. The molecule has 172 valence electrons. The lowest BCUT2D eigenvalue weighted by Gasteiger charge is -2.06. The van der Waals surface area contributed by atoms with Crippen LogP contribution in [0.5, 0.6) is 0 Å². The molecule has 0 fully saturated rings. The topological polar surface area (TPSA) is 64.6 Å². The van der Waals surface area contributed by atoms with Crippen molar-refractivity contribution < 1.29 is 17.9 Å². The van der Waals surface area contributed by atoms with Gasteiger partial charge in [0, 0.05) is 16.5 Å². The molecule has 1 N–H and O–H groups in total. The molecule has 5 nitrogen and oxygen atoms in total. The number of benzene rings is 5. The van der Waals surface area contributed by atoms with Crippen LogP contribution in [0, 0.1) is 0 Å². The van der Waals surface area contributed by atoms with Crippen molar-refractivity contribution in [1.82, 2.24) is 0 Å². The van der Waals surface area contributed by atoms with Crippen molar-refractivity contribution in [2.75, 3.05) is 11.7 Å². The van der Waals surface area contributed by atoms with E-state index in [9.17, 15) is 4.79 Å². The lowest BCUT2D eigenvalue weighted by atomic mass is 9.99. The summed E-state index contributed by atoms with van der Waals surface area (Å²) in [5, 5.41) is 9.86. The number of hydrogen-bond acceptors (Lipinski definition) is 5. The third-order valence-electron chi connectivity index (χ3n) is 5.99. The molecule has 0 saturated heterocycles. The highest BCUT2D eigenvalue weighted by molar-refractivity contribution is 7.39. The molecule has 0 atom stereocenters. The van der Waals surface area contributed by atoms with Gasteiger partial charge in [-0.25, -0.2) is 4.79 Å². The standard InChI is InChI=1S/C29H22NO4P/c1-2-32-29(31)21-10-7-11-22(18-21)30-35-33-25-16-14-19-8-3-5-12-23(19)27(25)28-24-13-6-4-9-20(24)15-17-26(28)34-35/h3-18,30H,2H2,1H3. The van der Waals surface area contributed by atoms with E-state index in [4.69, 9.17) is 13.1 Å². The number of fused-ring (bicyclic) bond motifs is 7. The molecule has 6 aromatic rings. The summed E-state index contributed by atoms with van der Waals surface area (Å²) in [7, 11) is -1.60. The molecule has 6 heteroatoms. The molecule has 0 amide bonds. The fourth-order valence-electron chi connectivity index (χ4n) is 4.45. The van der Waals surface area contributed by atoms with Gasteiger partial charge in [0.05, 0.1) is 12.2 Å². The van der Waals surface area contributed by atoms with Crippen LogP contribution in [0.2, 0.25) is 0 Å². The second kappa shape index (κ2) is 8.86. The van der Waals surface area contributed by atoms with E-state index in [1.165, 1.54) is 0 Å². The maximum Gasteiger partial charge on any atom is 0.338 e. The zero-order valence-corrected chi connectivity index (χ0v) is 19.9. The summed E-state index contributed by atoms with van der Waals surface area (Å²) in [5.41, 5.74) is 2.69. The Morgan fingerprint density at radius 2 is 1.37 bits per heavy atom. The summed E-state index contributed by atoms with van der Waals surface area (Å²) in [6.07, 6.45) is 0. The van der Waals surface area contributed by atoms with E-state index in [1.54, 1.807) is 19.1 Å². The van der Waals surface area contributed by atoms with Crippen molar-refractivity contribution in [1.29, 1.82) is 0 Å². The number of esters is 1. The van der Waals surface area contributed by atoms with Crippen LogP contribution in [-0.2, 0) is 4.74 Å². The number of nitrogens with one attached hydrogen (secondary N) is 1. The average Bonchev–Trinajstić information content (AvgIpc) is 3.05. The summed E-state index contributed by atoms with van der Waals surface area (Å²) in [6, 6.07) is 31.9. The van der Waals surface area contributed by atoms with Crippen LogP contribution in [0.4, 0.5) is 5.69 Å². The highest BCUT2D eigenvalue weighted by atomic mass is 31.1. The van der Waals surface area contributed by atoms with Crippen molar-refractivity contribution in [2.45, 2.75) is 6.92 Å². The first kappa shape index (κ1) is 21.3. The molecule has 0 aliphatic carbocycles. The first-order valence-electron chi connectivity index (χ1n) is 11.4. The zero-order valence-electron chi connectivity index (χ0n) is 19.0.